The number of likely N-dealkylation sites (tertiary alicyclic amines) is 1. The highest BCUT2D eigenvalue weighted by atomic mass is 32.2. The first kappa shape index (κ1) is 26.1. The largest absolute Gasteiger partial charge is 0.477 e. The highest BCUT2D eigenvalue weighted by Gasteiger charge is 2.60. The van der Waals surface area contributed by atoms with Crippen molar-refractivity contribution in [3.8, 4) is 0 Å². The van der Waals surface area contributed by atoms with Crippen LogP contribution in [-0.2, 0) is 26.3 Å². The zero-order valence-corrected chi connectivity index (χ0v) is 21.6. The molecule has 0 saturated carbocycles. The molecule has 3 aliphatic heterocycles. The lowest BCUT2D eigenvalue weighted by Crippen LogP contribution is -2.63. The Kier molecular flexibility index (Phi) is 7.33. The van der Waals surface area contributed by atoms with Gasteiger partial charge in [-0.05, 0) is 25.8 Å². The molecule has 0 spiro atoms. The summed E-state index contributed by atoms with van der Waals surface area (Å²) in [4.78, 5) is 28.9. The van der Waals surface area contributed by atoms with E-state index < -0.39 is 28.2 Å². The van der Waals surface area contributed by atoms with Crippen LogP contribution in [0.25, 0.3) is 0 Å². The number of hydrogen-bond donors (Lipinski definition) is 4. The zero-order chi connectivity index (χ0) is 25.7. The van der Waals surface area contributed by atoms with E-state index in [-0.39, 0.29) is 41.4 Å². The van der Waals surface area contributed by atoms with Crippen LogP contribution in [-0.4, -0.2) is 76.8 Å². The second-order valence-electron chi connectivity index (χ2n) is 9.71. The van der Waals surface area contributed by atoms with Crippen molar-refractivity contribution in [2.24, 2.45) is 17.0 Å². The molecule has 3 aliphatic rings. The Balaban J connectivity index is 1.54. The molecule has 2 fully saturated rings. The van der Waals surface area contributed by atoms with Crippen LogP contribution >= 0.6 is 11.8 Å². The molecule has 0 radical (unpaired) electrons. The van der Waals surface area contributed by atoms with Crippen molar-refractivity contribution < 1.29 is 28.2 Å². The quantitative estimate of drug-likeness (QED) is 0.343. The van der Waals surface area contributed by atoms with Gasteiger partial charge in [0, 0.05) is 41.7 Å². The van der Waals surface area contributed by atoms with Gasteiger partial charge in [-0.3, -0.25) is 9.69 Å². The maximum atomic E-state index is 12.6. The number of carboxylic acids is 1. The van der Waals surface area contributed by atoms with Crippen molar-refractivity contribution in [2.45, 2.75) is 57.2 Å². The van der Waals surface area contributed by atoms with Crippen molar-refractivity contribution in [3.63, 3.8) is 0 Å². The van der Waals surface area contributed by atoms with E-state index in [1.54, 1.807) is 6.92 Å². The Morgan fingerprint density at radius 3 is 2.54 bits per heavy atom. The number of carboxylic acid groups (broad SMARTS) is 1. The van der Waals surface area contributed by atoms with Gasteiger partial charge in [-0.15, -0.1) is 11.8 Å². The first-order valence-electron chi connectivity index (χ1n) is 11.6. The molecule has 5 N–H and O–H groups in total. The number of carbonyl (C=O) groups is 2. The van der Waals surface area contributed by atoms with Crippen LogP contribution < -0.4 is 9.86 Å². The van der Waals surface area contributed by atoms with E-state index >= 15 is 0 Å². The van der Waals surface area contributed by atoms with Crippen LogP contribution in [0.1, 0.15) is 31.4 Å². The third kappa shape index (κ3) is 5.27. The van der Waals surface area contributed by atoms with Crippen LogP contribution in [0.4, 0.5) is 0 Å². The molecule has 2 saturated heterocycles. The maximum absolute atomic E-state index is 12.6. The van der Waals surface area contributed by atoms with Gasteiger partial charge < -0.3 is 15.1 Å². The predicted molar refractivity (Wildman–Crippen MR) is 132 cm³/mol. The van der Waals surface area contributed by atoms with E-state index in [4.69, 9.17) is 5.14 Å². The van der Waals surface area contributed by atoms with Crippen LogP contribution in [0, 0.1) is 18.8 Å². The summed E-state index contributed by atoms with van der Waals surface area (Å²) in [7, 11) is -3.85. The summed E-state index contributed by atoms with van der Waals surface area (Å²) in [5, 5.41) is 25.1. The molecule has 0 aliphatic carbocycles. The molecule has 0 aromatic heterocycles. The molecule has 1 amide bonds. The number of nitrogens with two attached hydrogens (primary N) is 1. The number of thioether (sulfide) groups is 1. The Morgan fingerprint density at radius 1 is 1.31 bits per heavy atom. The number of rotatable bonds is 9. The van der Waals surface area contributed by atoms with Gasteiger partial charge in [-0.25, -0.2) is 14.7 Å². The Bertz CT molecular complexity index is 1140. The lowest BCUT2D eigenvalue weighted by atomic mass is 9.79. The molecule has 0 unspecified atom stereocenters. The monoisotopic (exact) mass is 524 g/mol. The smallest absolute Gasteiger partial charge is 0.353 e. The highest BCUT2D eigenvalue weighted by Crippen LogP contribution is 2.52. The average molecular weight is 525 g/mol. The third-order valence-corrected chi connectivity index (χ3v) is 9.18. The van der Waals surface area contributed by atoms with Gasteiger partial charge in [-0.1, -0.05) is 36.8 Å². The molecule has 192 valence electrons. The van der Waals surface area contributed by atoms with E-state index in [0.717, 1.165) is 11.1 Å². The molecule has 1 aromatic carbocycles. The molecule has 3 heterocycles. The summed E-state index contributed by atoms with van der Waals surface area (Å²) in [6, 6.07) is 7.65. The summed E-state index contributed by atoms with van der Waals surface area (Å²) in [6.45, 7) is 6.86. The minimum absolute atomic E-state index is 0.00155. The standard InChI is InChI=1S/C23H32N4O6S2/c1-12-4-6-15(7-5-12)10-26-11-17(8-16(26)9-25-35(24,32)33)34-21-13(2)19-18(14(3)28)22(29)27(19)20(21)23(30)31/h4-7,13-14,16-19,25,28H,8-11H2,1-3H3,(H,30,31)(H2,24,32,33)/t13-,14-,16+,17+,18-,19-/m1/s1. The van der Waals surface area contributed by atoms with Gasteiger partial charge in [0.15, 0.2) is 0 Å². The number of β-lactam (4-membered cyclic amide) rings is 1. The first-order valence-corrected chi connectivity index (χ1v) is 14.0. The van der Waals surface area contributed by atoms with Gasteiger partial charge in [-0.2, -0.15) is 8.42 Å². The van der Waals surface area contributed by atoms with Crippen molar-refractivity contribution >= 4 is 33.8 Å². The van der Waals surface area contributed by atoms with Crippen molar-refractivity contribution in [3.05, 3.63) is 46.0 Å². The number of nitrogens with one attached hydrogen (secondary N) is 1. The second-order valence-corrected chi connectivity index (χ2v) is 12.4. The second kappa shape index (κ2) is 9.83. The Hall–Kier alpha value is -1.96. The molecule has 0 bridgehead atoms. The number of aryl methyl sites for hydroxylation is 1. The molecule has 6 atom stereocenters. The molecule has 4 rings (SSSR count). The summed E-state index contributed by atoms with van der Waals surface area (Å²) < 4.78 is 25.4. The topological polar surface area (TPSA) is 153 Å². The number of aliphatic carboxylic acids is 1. The van der Waals surface area contributed by atoms with Gasteiger partial charge in [0.05, 0.1) is 18.1 Å². The maximum Gasteiger partial charge on any atom is 0.353 e. The fourth-order valence-electron chi connectivity index (χ4n) is 5.43. The number of fused-ring (bicyclic) bond motifs is 1. The van der Waals surface area contributed by atoms with Gasteiger partial charge in [0.25, 0.3) is 10.2 Å². The average Bonchev–Trinajstić information content (AvgIpc) is 3.24. The summed E-state index contributed by atoms with van der Waals surface area (Å²) >= 11 is 1.45. The molecule has 10 nitrogen and oxygen atoms in total. The number of amides is 1. The highest BCUT2D eigenvalue weighted by molar-refractivity contribution is 8.03. The lowest BCUT2D eigenvalue weighted by Gasteiger charge is -2.46. The zero-order valence-electron chi connectivity index (χ0n) is 19.9. The molecule has 35 heavy (non-hydrogen) atoms. The van der Waals surface area contributed by atoms with Crippen LogP contribution in [0.2, 0.25) is 0 Å². The van der Waals surface area contributed by atoms with Crippen molar-refractivity contribution in [1.29, 1.82) is 0 Å². The SMILES string of the molecule is Cc1ccc(CN2C[C@@H](SC3=C(C(=O)O)N4C(=O)[C@H]([C@@H](C)O)[C@H]4[C@H]3C)C[C@H]2CNS(N)(=O)=O)cc1. The van der Waals surface area contributed by atoms with Gasteiger partial charge >= 0.3 is 5.97 Å². The third-order valence-electron chi connectivity index (χ3n) is 7.12. The van der Waals surface area contributed by atoms with E-state index in [0.29, 0.717) is 24.4 Å². The van der Waals surface area contributed by atoms with Crippen LogP contribution in [0.15, 0.2) is 34.9 Å². The van der Waals surface area contributed by atoms with E-state index in [9.17, 15) is 28.2 Å². The molecular weight excluding hydrogens is 492 g/mol. The summed E-state index contributed by atoms with van der Waals surface area (Å²) in [5.41, 5.74) is 2.25. The molecule has 12 heteroatoms. The Morgan fingerprint density at radius 2 is 1.97 bits per heavy atom. The normalized spacial score (nSPS) is 29.9. The number of benzene rings is 1. The minimum atomic E-state index is -3.85. The van der Waals surface area contributed by atoms with E-state index in [1.807, 2.05) is 38.1 Å². The van der Waals surface area contributed by atoms with Gasteiger partial charge in [0.1, 0.15) is 5.70 Å². The van der Waals surface area contributed by atoms with Crippen molar-refractivity contribution in [2.75, 3.05) is 13.1 Å². The first-order chi connectivity index (χ1) is 16.4. The van der Waals surface area contributed by atoms with Gasteiger partial charge in [0.2, 0.25) is 5.91 Å². The lowest BCUT2D eigenvalue weighted by molar-refractivity contribution is -0.163. The number of aliphatic hydroxyl groups excluding tert-OH is 1. The van der Waals surface area contributed by atoms with E-state index in [1.165, 1.54) is 16.7 Å². The van der Waals surface area contributed by atoms with Crippen LogP contribution in [0.3, 0.4) is 0 Å². The number of hydrogen-bond acceptors (Lipinski definition) is 7. The van der Waals surface area contributed by atoms with Crippen molar-refractivity contribution in [1.82, 2.24) is 14.5 Å². The summed E-state index contributed by atoms with van der Waals surface area (Å²) in [5.74, 6) is -2.32. The van der Waals surface area contributed by atoms with Crippen LogP contribution in [0.5, 0.6) is 0 Å². The van der Waals surface area contributed by atoms with E-state index in [2.05, 4.69) is 9.62 Å². The fraction of sp³-hybridized carbons (Fsp3) is 0.565. The Labute approximate surface area is 209 Å². The fourth-order valence-corrected chi connectivity index (χ4v) is 7.45. The predicted octanol–water partition coefficient (Wildman–Crippen LogP) is 0.618. The molecular formula is C23H32N4O6S2. The number of nitrogens with zero attached hydrogens (tertiary/aromatic N) is 2. The number of carbonyl (C=O) groups excluding carboxylic acids is 1. The number of aliphatic hydroxyl groups is 1. The molecule has 1 aromatic rings. The minimum Gasteiger partial charge on any atom is -0.477 e. The summed E-state index contributed by atoms with van der Waals surface area (Å²) in [6.07, 6.45) is -0.226.